The van der Waals surface area contributed by atoms with Crippen molar-refractivity contribution in [3.8, 4) is 0 Å². The highest BCUT2D eigenvalue weighted by Crippen LogP contribution is 2.11. The van der Waals surface area contributed by atoms with Gasteiger partial charge in [-0.15, -0.1) is 0 Å². The normalized spacial score (nSPS) is 15.6. The molecule has 0 spiro atoms. The molecule has 1 aromatic rings. The molecule has 2 rings (SSSR count). The highest BCUT2D eigenvalue weighted by atomic mass is 32.2. The lowest BCUT2D eigenvalue weighted by molar-refractivity contribution is -0.131. The summed E-state index contributed by atoms with van der Waals surface area (Å²) in [7, 11) is -3.38. The Morgan fingerprint density at radius 2 is 1.80 bits per heavy atom. The minimum absolute atomic E-state index is 0.0790. The number of carbonyl (C=O) groups excluding carboxylic acids is 1. The van der Waals surface area contributed by atoms with Crippen molar-refractivity contribution < 1.29 is 13.2 Å². The van der Waals surface area contributed by atoms with Crippen molar-refractivity contribution in [1.29, 1.82) is 0 Å². The van der Waals surface area contributed by atoms with Gasteiger partial charge in [0.15, 0.2) is 0 Å². The van der Waals surface area contributed by atoms with E-state index < -0.39 is 10.0 Å². The van der Waals surface area contributed by atoms with Crippen LogP contribution in [-0.2, 0) is 14.8 Å². The van der Waals surface area contributed by atoms with Crippen LogP contribution >= 0.6 is 0 Å². The number of rotatable bonds is 8. The van der Waals surface area contributed by atoms with E-state index in [-0.39, 0.29) is 12.5 Å². The van der Waals surface area contributed by atoms with E-state index in [0.29, 0.717) is 38.7 Å². The van der Waals surface area contributed by atoms with Gasteiger partial charge in [0.2, 0.25) is 21.9 Å². The largest absolute Gasteiger partial charge is 0.338 e. The summed E-state index contributed by atoms with van der Waals surface area (Å²) in [5.74, 6) is 0.516. The monoisotopic (exact) mass is 369 g/mol. The number of piperazine rings is 1. The van der Waals surface area contributed by atoms with Crippen molar-refractivity contribution in [1.82, 2.24) is 19.2 Å². The van der Waals surface area contributed by atoms with Crippen LogP contribution in [0.25, 0.3) is 0 Å². The molecule has 1 aromatic heterocycles. The quantitative estimate of drug-likeness (QED) is 0.623. The fourth-order valence-electron chi connectivity index (χ4n) is 2.76. The van der Waals surface area contributed by atoms with E-state index in [0.717, 1.165) is 25.5 Å². The van der Waals surface area contributed by atoms with E-state index >= 15 is 0 Å². The minimum atomic E-state index is -3.38. The Balaban J connectivity index is 1.88. The molecule has 1 amide bonds. The topological polar surface area (TPSA) is 86.7 Å². The molecule has 140 valence electrons. The highest BCUT2D eigenvalue weighted by molar-refractivity contribution is 7.88. The number of unbranched alkanes of at least 4 members (excludes halogenated alkanes) is 2. The Hall–Kier alpha value is -1.74. The molecule has 0 radical (unpaired) electrons. The van der Waals surface area contributed by atoms with Gasteiger partial charge in [-0.25, -0.2) is 18.4 Å². The minimum Gasteiger partial charge on any atom is -0.338 e. The summed E-state index contributed by atoms with van der Waals surface area (Å²) >= 11 is 0. The van der Waals surface area contributed by atoms with Gasteiger partial charge in [-0.1, -0.05) is 19.8 Å². The third-order valence-electron chi connectivity index (χ3n) is 4.26. The third kappa shape index (κ3) is 5.93. The van der Waals surface area contributed by atoms with Crippen LogP contribution < -0.4 is 4.90 Å². The molecule has 0 saturated carbocycles. The summed E-state index contributed by atoms with van der Waals surface area (Å²) in [6.07, 6.45) is 7.29. The summed E-state index contributed by atoms with van der Waals surface area (Å²) in [4.78, 5) is 24.7. The van der Waals surface area contributed by atoms with Crippen molar-refractivity contribution in [2.75, 3.05) is 50.4 Å². The number of hydrogen-bond acceptors (Lipinski definition) is 6. The molecule has 8 nitrogen and oxygen atoms in total. The Kier molecular flexibility index (Phi) is 7.12. The maximum absolute atomic E-state index is 12.5. The number of nitrogens with zero attached hydrogens (tertiary/aromatic N) is 5. The van der Waals surface area contributed by atoms with Crippen molar-refractivity contribution in [2.45, 2.75) is 26.2 Å². The maximum Gasteiger partial charge on any atom is 0.238 e. The van der Waals surface area contributed by atoms with Crippen molar-refractivity contribution in [3.05, 3.63) is 18.5 Å². The Bertz CT molecular complexity index is 645. The molecular formula is C16H27N5O3S. The van der Waals surface area contributed by atoms with Crippen LogP contribution in [0.3, 0.4) is 0 Å². The predicted molar refractivity (Wildman–Crippen MR) is 96.8 cm³/mol. The van der Waals surface area contributed by atoms with Crippen molar-refractivity contribution >= 4 is 21.9 Å². The lowest BCUT2D eigenvalue weighted by atomic mass is 10.2. The smallest absolute Gasteiger partial charge is 0.238 e. The van der Waals surface area contributed by atoms with E-state index in [1.807, 2.05) is 4.90 Å². The summed E-state index contributed by atoms with van der Waals surface area (Å²) < 4.78 is 25.1. The van der Waals surface area contributed by atoms with Crippen molar-refractivity contribution in [3.63, 3.8) is 0 Å². The summed E-state index contributed by atoms with van der Waals surface area (Å²) in [6.45, 7) is 4.76. The van der Waals surface area contributed by atoms with Crippen LogP contribution in [0.2, 0.25) is 0 Å². The van der Waals surface area contributed by atoms with Crippen LogP contribution in [-0.4, -0.2) is 79.0 Å². The first kappa shape index (κ1) is 19.6. The molecule has 9 heteroatoms. The average molecular weight is 369 g/mol. The van der Waals surface area contributed by atoms with Gasteiger partial charge in [0.05, 0.1) is 12.8 Å². The molecule has 0 N–H and O–H groups in total. The fraction of sp³-hybridized carbons (Fsp3) is 0.688. The highest BCUT2D eigenvalue weighted by Gasteiger charge is 2.26. The molecule has 25 heavy (non-hydrogen) atoms. The zero-order chi connectivity index (χ0) is 18.3. The number of carbonyl (C=O) groups is 1. The number of amides is 1. The Labute approximate surface area is 149 Å². The Morgan fingerprint density at radius 3 is 2.36 bits per heavy atom. The fourth-order valence-corrected chi connectivity index (χ4v) is 3.57. The van der Waals surface area contributed by atoms with Gasteiger partial charge in [-0.05, 0) is 12.5 Å². The second-order valence-corrected chi connectivity index (χ2v) is 8.20. The van der Waals surface area contributed by atoms with E-state index in [2.05, 4.69) is 16.9 Å². The molecule has 0 atom stereocenters. The second kappa shape index (κ2) is 9.10. The second-order valence-electron chi connectivity index (χ2n) is 6.22. The van der Waals surface area contributed by atoms with Crippen molar-refractivity contribution in [2.24, 2.45) is 0 Å². The zero-order valence-electron chi connectivity index (χ0n) is 15.0. The summed E-state index contributed by atoms with van der Waals surface area (Å²) in [5.41, 5.74) is 0. The van der Waals surface area contributed by atoms with Crippen LogP contribution in [0.15, 0.2) is 18.5 Å². The van der Waals surface area contributed by atoms with Crippen LogP contribution in [0, 0.1) is 0 Å². The van der Waals surface area contributed by atoms with Gasteiger partial charge in [0.25, 0.3) is 0 Å². The van der Waals surface area contributed by atoms with Gasteiger partial charge < -0.3 is 9.80 Å². The van der Waals surface area contributed by atoms with E-state index in [1.54, 1.807) is 23.4 Å². The molecular weight excluding hydrogens is 342 g/mol. The number of hydrogen-bond donors (Lipinski definition) is 0. The van der Waals surface area contributed by atoms with Crippen LogP contribution in [0.5, 0.6) is 0 Å². The molecule has 1 saturated heterocycles. The standard InChI is InChI=1S/C16H27N5O3S/c1-3-4-5-9-21(25(2,23)24)14-15(22)19-10-12-20(13-11-19)16-17-7-6-8-18-16/h6-8H,3-5,9-14H2,1-2H3. The molecule has 0 aliphatic carbocycles. The van der Waals surface area contributed by atoms with Gasteiger partial charge >= 0.3 is 0 Å². The van der Waals surface area contributed by atoms with E-state index in [9.17, 15) is 13.2 Å². The van der Waals surface area contributed by atoms with E-state index in [1.165, 1.54) is 4.31 Å². The summed E-state index contributed by atoms with van der Waals surface area (Å²) in [6, 6.07) is 1.77. The molecule has 1 aliphatic heterocycles. The lowest BCUT2D eigenvalue weighted by Crippen LogP contribution is -2.52. The molecule has 2 heterocycles. The van der Waals surface area contributed by atoms with Crippen LogP contribution in [0.1, 0.15) is 26.2 Å². The van der Waals surface area contributed by atoms with Gasteiger partial charge in [0, 0.05) is 45.1 Å². The van der Waals surface area contributed by atoms with Gasteiger partial charge in [-0.2, -0.15) is 4.31 Å². The molecule has 1 fully saturated rings. The molecule has 0 aromatic carbocycles. The molecule has 0 unspecified atom stereocenters. The van der Waals surface area contributed by atoms with E-state index in [4.69, 9.17) is 0 Å². The van der Waals surface area contributed by atoms with Crippen LogP contribution in [0.4, 0.5) is 5.95 Å². The number of aromatic nitrogens is 2. The first-order valence-electron chi connectivity index (χ1n) is 8.66. The number of anilines is 1. The van der Waals surface area contributed by atoms with Gasteiger partial charge in [0.1, 0.15) is 0 Å². The SMILES string of the molecule is CCCCCN(CC(=O)N1CCN(c2ncccn2)CC1)S(C)(=O)=O. The average Bonchev–Trinajstić information content (AvgIpc) is 2.61. The predicted octanol–water partition coefficient (Wildman–Crippen LogP) is 0.577. The molecule has 1 aliphatic rings. The maximum atomic E-state index is 12.5. The first-order valence-corrected chi connectivity index (χ1v) is 10.5. The lowest BCUT2D eigenvalue weighted by Gasteiger charge is -2.35. The third-order valence-corrected chi connectivity index (χ3v) is 5.51. The molecule has 0 bridgehead atoms. The number of sulfonamides is 1. The summed E-state index contributed by atoms with van der Waals surface area (Å²) in [5, 5.41) is 0. The Morgan fingerprint density at radius 1 is 1.16 bits per heavy atom. The first-order chi connectivity index (χ1) is 11.9. The van der Waals surface area contributed by atoms with Gasteiger partial charge in [-0.3, -0.25) is 4.79 Å². The zero-order valence-corrected chi connectivity index (χ0v) is 15.8.